The second-order valence-corrected chi connectivity index (χ2v) is 5.61. The first-order valence-electron chi connectivity index (χ1n) is 5.19. The molecule has 2 nitrogen and oxygen atoms in total. The molecule has 0 bridgehead atoms. The number of rotatable bonds is 0. The average molecular weight is 222 g/mol. The first kappa shape index (κ1) is 10.6. The van der Waals surface area contributed by atoms with Crippen LogP contribution in [0, 0.1) is 5.92 Å². The number of hydrogen-bond donors (Lipinski definition) is 0. The van der Waals surface area contributed by atoms with Crippen molar-refractivity contribution in [2.24, 2.45) is 5.92 Å². The van der Waals surface area contributed by atoms with Crippen LogP contribution in [0.4, 0.5) is 0 Å². The van der Waals surface area contributed by atoms with Crippen LogP contribution in [0.3, 0.4) is 0 Å². The molecule has 80 valence electrons. The highest BCUT2D eigenvalue weighted by atomic mass is 32.2. The third-order valence-electron chi connectivity index (χ3n) is 2.76. The summed E-state index contributed by atoms with van der Waals surface area (Å²) in [6.45, 7) is 2.04. The Balaban J connectivity index is 2.46. The van der Waals surface area contributed by atoms with Crippen molar-refractivity contribution in [3.63, 3.8) is 0 Å². The van der Waals surface area contributed by atoms with Gasteiger partial charge >= 0.3 is 0 Å². The molecule has 0 amide bonds. The van der Waals surface area contributed by atoms with Gasteiger partial charge < -0.3 is 0 Å². The van der Waals surface area contributed by atoms with Crippen LogP contribution in [-0.2, 0) is 10.8 Å². The Morgan fingerprint density at radius 2 is 2.07 bits per heavy atom. The Hall–Kier alpha value is -0.960. The molecule has 0 saturated heterocycles. The van der Waals surface area contributed by atoms with E-state index in [-0.39, 0.29) is 5.78 Å². The van der Waals surface area contributed by atoms with E-state index in [4.69, 9.17) is 0 Å². The van der Waals surface area contributed by atoms with E-state index in [9.17, 15) is 9.00 Å². The summed E-state index contributed by atoms with van der Waals surface area (Å²) in [5, 5.41) is 0. The Labute approximate surface area is 92.2 Å². The molecular formula is C12H14O2S. The molecule has 1 aromatic rings. The van der Waals surface area contributed by atoms with Crippen LogP contribution in [0.5, 0.6) is 0 Å². The fraction of sp³-hybridized carbons (Fsp3) is 0.417. The van der Waals surface area contributed by atoms with Gasteiger partial charge in [0.2, 0.25) is 0 Å². The average Bonchev–Trinajstić information content (AvgIpc) is 2.24. The minimum Gasteiger partial charge on any atom is -0.294 e. The van der Waals surface area contributed by atoms with Crippen molar-refractivity contribution in [1.29, 1.82) is 0 Å². The second-order valence-electron chi connectivity index (χ2n) is 4.07. The van der Waals surface area contributed by atoms with E-state index in [0.717, 1.165) is 11.3 Å². The van der Waals surface area contributed by atoms with E-state index in [1.165, 1.54) is 0 Å². The lowest BCUT2D eigenvalue weighted by molar-refractivity contribution is 0.0960. The predicted molar refractivity (Wildman–Crippen MR) is 60.4 cm³/mol. The maximum absolute atomic E-state index is 11.9. The van der Waals surface area contributed by atoms with Crippen molar-refractivity contribution in [3.05, 3.63) is 29.8 Å². The molecule has 0 saturated carbocycles. The van der Waals surface area contributed by atoms with E-state index in [2.05, 4.69) is 0 Å². The van der Waals surface area contributed by atoms with Crippen molar-refractivity contribution >= 4 is 16.6 Å². The molecule has 0 fully saturated rings. The van der Waals surface area contributed by atoms with Gasteiger partial charge in [0.05, 0.1) is 10.8 Å². The van der Waals surface area contributed by atoms with Crippen molar-refractivity contribution in [3.8, 4) is 0 Å². The molecular weight excluding hydrogens is 208 g/mol. The summed E-state index contributed by atoms with van der Waals surface area (Å²) >= 11 is 0. The number of carbonyl (C=O) groups is 1. The minimum atomic E-state index is -1.01. The van der Waals surface area contributed by atoms with Crippen LogP contribution in [0.25, 0.3) is 0 Å². The van der Waals surface area contributed by atoms with Gasteiger partial charge in [-0.3, -0.25) is 9.00 Å². The first-order valence-corrected chi connectivity index (χ1v) is 6.51. The molecule has 1 aromatic carbocycles. The smallest absolute Gasteiger partial charge is 0.164 e. The molecule has 1 unspecified atom stereocenters. The van der Waals surface area contributed by atoms with E-state index >= 15 is 0 Å². The van der Waals surface area contributed by atoms with Crippen LogP contribution >= 0.6 is 0 Å². The summed E-state index contributed by atoms with van der Waals surface area (Å²) in [6, 6.07) is 7.27. The number of carbonyl (C=O) groups excluding carboxylic acids is 1. The summed E-state index contributed by atoms with van der Waals surface area (Å²) in [5.74, 6) is 1.15. The second kappa shape index (κ2) is 4.27. The maximum atomic E-state index is 11.9. The largest absolute Gasteiger partial charge is 0.294 e. The maximum Gasteiger partial charge on any atom is 0.164 e. The van der Waals surface area contributed by atoms with Crippen LogP contribution in [0.15, 0.2) is 29.2 Å². The van der Waals surface area contributed by atoms with E-state index in [1.807, 2.05) is 19.1 Å². The highest BCUT2D eigenvalue weighted by Gasteiger charge is 2.21. The zero-order valence-electron chi connectivity index (χ0n) is 8.73. The van der Waals surface area contributed by atoms with Crippen LogP contribution in [0.2, 0.25) is 0 Å². The van der Waals surface area contributed by atoms with Gasteiger partial charge in [-0.05, 0) is 18.4 Å². The number of fused-ring (bicyclic) bond motifs is 1. The minimum absolute atomic E-state index is 0.131. The lowest BCUT2D eigenvalue weighted by atomic mass is 9.97. The van der Waals surface area contributed by atoms with Gasteiger partial charge in [-0.15, -0.1) is 0 Å². The third kappa shape index (κ3) is 2.17. The van der Waals surface area contributed by atoms with Crippen molar-refractivity contribution < 1.29 is 9.00 Å². The molecule has 15 heavy (non-hydrogen) atoms. The van der Waals surface area contributed by atoms with Gasteiger partial charge in [0.1, 0.15) is 0 Å². The third-order valence-corrected chi connectivity index (χ3v) is 4.22. The lowest BCUT2D eigenvalue weighted by Crippen LogP contribution is -2.16. The standard InChI is InChI=1S/C12H14O2S/c1-9-6-7-15(14)12-5-3-2-4-10(12)11(13)8-9/h2-5,9H,6-8H2,1H3/t9-,15?/m1/s1. The first-order chi connectivity index (χ1) is 7.18. The SMILES string of the molecule is C[C@@H]1CCS(=O)c2ccccc2C(=O)C1. The van der Waals surface area contributed by atoms with Gasteiger partial charge in [0, 0.05) is 22.6 Å². The molecule has 2 rings (SSSR count). The van der Waals surface area contributed by atoms with Crippen molar-refractivity contribution in [2.75, 3.05) is 5.75 Å². The fourth-order valence-electron chi connectivity index (χ4n) is 1.84. The molecule has 0 radical (unpaired) electrons. The molecule has 1 aliphatic heterocycles. The normalized spacial score (nSPS) is 26.6. The quantitative estimate of drug-likeness (QED) is 0.675. The highest BCUT2D eigenvalue weighted by Crippen LogP contribution is 2.23. The Kier molecular flexibility index (Phi) is 3.00. The van der Waals surface area contributed by atoms with E-state index in [0.29, 0.717) is 23.7 Å². The number of ketones is 1. The van der Waals surface area contributed by atoms with Gasteiger partial charge in [-0.2, -0.15) is 0 Å². The lowest BCUT2D eigenvalue weighted by Gasteiger charge is -2.16. The van der Waals surface area contributed by atoms with Crippen LogP contribution < -0.4 is 0 Å². The molecule has 0 spiro atoms. The van der Waals surface area contributed by atoms with Gasteiger partial charge in [0.25, 0.3) is 0 Å². The van der Waals surface area contributed by atoms with Crippen LogP contribution in [0.1, 0.15) is 30.1 Å². The molecule has 0 N–H and O–H groups in total. The number of hydrogen-bond acceptors (Lipinski definition) is 2. The summed E-state index contributed by atoms with van der Waals surface area (Å²) in [7, 11) is -1.01. The Bertz CT molecular complexity index is 412. The topological polar surface area (TPSA) is 34.1 Å². The molecule has 0 aromatic heterocycles. The molecule has 1 heterocycles. The zero-order valence-corrected chi connectivity index (χ0v) is 9.55. The molecule has 0 aliphatic carbocycles. The monoisotopic (exact) mass is 222 g/mol. The van der Waals surface area contributed by atoms with Crippen molar-refractivity contribution in [1.82, 2.24) is 0 Å². The Morgan fingerprint density at radius 1 is 1.33 bits per heavy atom. The van der Waals surface area contributed by atoms with E-state index < -0.39 is 10.8 Å². The zero-order chi connectivity index (χ0) is 10.8. The van der Waals surface area contributed by atoms with Gasteiger partial charge in [0.15, 0.2) is 5.78 Å². The number of benzene rings is 1. The summed E-state index contributed by atoms with van der Waals surface area (Å²) in [6.07, 6.45) is 1.45. The van der Waals surface area contributed by atoms with Gasteiger partial charge in [-0.25, -0.2) is 0 Å². The van der Waals surface area contributed by atoms with E-state index in [1.54, 1.807) is 12.1 Å². The fourth-order valence-corrected chi connectivity index (χ4v) is 3.34. The molecule has 2 atom stereocenters. The summed E-state index contributed by atoms with van der Waals surface area (Å²) < 4.78 is 11.9. The number of Topliss-reactive ketones (excluding diaryl/α,β-unsaturated/α-hetero) is 1. The molecule has 3 heteroatoms. The summed E-state index contributed by atoms with van der Waals surface area (Å²) in [4.78, 5) is 12.6. The predicted octanol–water partition coefficient (Wildman–Crippen LogP) is 2.41. The Morgan fingerprint density at radius 3 is 2.87 bits per heavy atom. The van der Waals surface area contributed by atoms with Crippen LogP contribution in [-0.4, -0.2) is 15.7 Å². The summed E-state index contributed by atoms with van der Waals surface area (Å²) in [5.41, 5.74) is 0.655. The van der Waals surface area contributed by atoms with Crippen molar-refractivity contribution in [2.45, 2.75) is 24.7 Å². The highest BCUT2D eigenvalue weighted by molar-refractivity contribution is 7.85. The molecule has 1 aliphatic rings. The van der Waals surface area contributed by atoms with Gasteiger partial charge in [-0.1, -0.05) is 25.1 Å².